The molecule has 1 fully saturated rings. The average Bonchev–Trinajstić information content (AvgIpc) is 3.13. The summed E-state index contributed by atoms with van der Waals surface area (Å²) in [5, 5.41) is 0.488. The second-order valence-electron chi connectivity index (χ2n) is 5.96. The Bertz CT molecular complexity index is 917. The lowest BCUT2D eigenvalue weighted by atomic mass is 10.0. The van der Waals surface area contributed by atoms with Crippen LogP contribution in [0.4, 0.5) is 0 Å². The van der Waals surface area contributed by atoms with Crippen molar-refractivity contribution < 1.29 is 17.9 Å². The molecule has 0 aliphatic carbocycles. The molecule has 0 spiro atoms. The van der Waals surface area contributed by atoms with Crippen LogP contribution < -0.4 is 9.47 Å². The van der Waals surface area contributed by atoms with Crippen LogP contribution in [0.3, 0.4) is 0 Å². The third-order valence-corrected chi connectivity index (χ3v) is 7.10. The van der Waals surface area contributed by atoms with Gasteiger partial charge < -0.3 is 9.47 Å². The molecule has 1 aliphatic rings. The largest absolute Gasteiger partial charge is 0.493 e. The molecule has 2 aromatic carbocycles. The Morgan fingerprint density at radius 3 is 2.46 bits per heavy atom. The highest BCUT2D eigenvalue weighted by molar-refractivity contribution is 7.89. The molecule has 0 bridgehead atoms. The standard InChI is InChI=1S/C18H19Cl2NO4S/c1-24-16-8-5-12(10-17(16)25-2)15-4-3-9-21(15)26(22,23)18-11-13(19)6-7-14(18)20/h5-8,10-11,15H,3-4,9H2,1-2H3. The smallest absolute Gasteiger partial charge is 0.245 e. The lowest BCUT2D eigenvalue weighted by Crippen LogP contribution is -2.31. The van der Waals surface area contributed by atoms with Crippen molar-refractivity contribution in [3.05, 3.63) is 52.0 Å². The first-order valence-corrected chi connectivity index (χ1v) is 10.3. The van der Waals surface area contributed by atoms with Gasteiger partial charge in [-0.1, -0.05) is 29.3 Å². The number of benzene rings is 2. The second kappa shape index (κ2) is 7.64. The number of nitrogens with zero attached hydrogens (tertiary/aromatic N) is 1. The summed E-state index contributed by atoms with van der Waals surface area (Å²) in [6.07, 6.45) is 1.48. The Morgan fingerprint density at radius 2 is 1.77 bits per heavy atom. The number of hydrogen-bond acceptors (Lipinski definition) is 4. The third-order valence-electron chi connectivity index (χ3n) is 4.48. The summed E-state index contributed by atoms with van der Waals surface area (Å²) >= 11 is 12.1. The normalized spacial score (nSPS) is 18.1. The molecule has 3 rings (SSSR count). The fourth-order valence-electron chi connectivity index (χ4n) is 3.22. The van der Waals surface area contributed by atoms with Gasteiger partial charge in [0.05, 0.1) is 25.3 Å². The Balaban J connectivity index is 2.01. The van der Waals surface area contributed by atoms with Gasteiger partial charge in [-0.05, 0) is 48.7 Å². The number of sulfonamides is 1. The first kappa shape index (κ1) is 19.3. The fraction of sp³-hybridized carbons (Fsp3) is 0.333. The maximum absolute atomic E-state index is 13.2. The van der Waals surface area contributed by atoms with Gasteiger partial charge in [-0.2, -0.15) is 4.31 Å². The number of ether oxygens (including phenoxy) is 2. The summed E-state index contributed by atoms with van der Waals surface area (Å²) in [5.74, 6) is 1.16. The van der Waals surface area contributed by atoms with Gasteiger partial charge in [0.1, 0.15) is 4.90 Å². The minimum Gasteiger partial charge on any atom is -0.493 e. The molecule has 0 radical (unpaired) electrons. The maximum Gasteiger partial charge on any atom is 0.245 e. The van der Waals surface area contributed by atoms with Crippen molar-refractivity contribution >= 4 is 33.2 Å². The summed E-state index contributed by atoms with van der Waals surface area (Å²) in [7, 11) is -0.667. The molecular weight excluding hydrogens is 397 g/mol. The van der Waals surface area contributed by atoms with Crippen molar-refractivity contribution in [2.75, 3.05) is 20.8 Å². The fourth-order valence-corrected chi connectivity index (χ4v) is 5.64. The summed E-state index contributed by atoms with van der Waals surface area (Å²) in [6.45, 7) is 0.421. The van der Waals surface area contributed by atoms with Crippen LogP contribution in [0.2, 0.25) is 10.0 Å². The minimum absolute atomic E-state index is 0.0269. The molecule has 2 aromatic rings. The predicted octanol–water partition coefficient (Wildman–Crippen LogP) is 4.54. The van der Waals surface area contributed by atoms with Gasteiger partial charge in [-0.25, -0.2) is 8.42 Å². The van der Waals surface area contributed by atoms with Crippen LogP contribution in [0.5, 0.6) is 11.5 Å². The summed E-state index contributed by atoms with van der Waals surface area (Å²) in [6, 6.07) is 9.62. The quantitative estimate of drug-likeness (QED) is 0.719. The van der Waals surface area contributed by atoms with E-state index >= 15 is 0 Å². The van der Waals surface area contributed by atoms with Crippen LogP contribution in [0, 0.1) is 0 Å². The minimum atomic E-state index is -3.78. The van der Waals surface area contributed by atoms with E-state index < -0.39 is 10.0 Å². The first-order valence-electron chi connectivity index (χ1n) is 8.07. The molecule has 1 unspecified atom stereocenters. The molecule has 1 heterocycles. The lowest BCUT2D eigenvalue weighted by molar-refractivity contribution is 0.351. The second-order valence-corrected chi connectivity index (χ2v) is 8.67. The molecule has 1 atom stereocenters. The molecule has 0 N–H and O–H groups in total. The van der Waals surface area contributed by atoms with Crippen LogP contribution in [0.25, 0.3) is 0 Å². The molecule has 1 aliphatic heterocycles. The average molecular weight is 416 g/mol. The van der Waals surface area contributed by atoms with E-state index in [-0.39, 0.29) is 16.0 Å². The van der Waals surface area contributed by atoms with Gasteiger partial charge in [-0.3, -0.25) is 0 Å². The van der Waals surface area contributed by atoms with Gasteiger partial charge in [0, 0.05) is 11.6 Å². The lowest BCUT2D eigenvalue weighted by Gasteiger charge is -2.25. The van der Waals surface area contributed by atoms with E-state index in [9.17, 15) is 8.42 Å². The summed E-state index contributed by atoms with van der Waals surface area (Å²) in [5.41, 5.74) is 0.849. The Labute approximate surface area is 163 Å². The van der Waals surface area contributed by atoms with E-state index in [0.717, 1.165) is 12.0 Å². The molecule has 1 saturated heterocycles. The van der Waals surface area contributed by atoms with Crippen LogP contribution in [-0.2, 0) is 10.0 Å². The zero-order chi connectivity index (χ0) is 18.9. The molecular formula is C18H19Cl2NO4S. The van der Waals surface area contributed by atoms with E-state index in [1.165, 1.54) is 16.4 Å². The van der Waals surface area contributed by atoms with Crippen LogP contribution in [0.15, 0.2) is 41.3 Å². The van der Waals surface area contributed by atoms with Gasteiger partial charge in [0.15, 0.2) is 11.5 Å². The van der Waals surface area contributed by atoms with Crippen molar-refractivity contribution in [1.29, 1.82) is 0 Å². The molecule has 8 heteroatoms. The van der Waals surface area contributed by atoms with Crippen LogP contribution in [0.1, 0.15) is 24.4 Å². The van der Waals surface area contributed by atoms with Gasteiger partial charge >= 0.3 is 0 Å². The highest BCUT2D eigenvalue weighted by Gasteiger charge is 2.37. The number of rotatable bonds is 5. The van der Waals surface area contributed by atoms with Gasteiger partial charge in [0.25, 0.3) is 0 Å². The highest BCUT2D eigenvalue weighted by Crippen LogP contribution is 2.41. The van der Waals surface area contributed by atoms with E-state index in [1.807, 2.05) is 12.1 Å². The van der Waals surface area contributed by atoms with Gasteiger partial charge in [-0.15, -0.1) is 0 Å². The van der Waals surface area contributed by atoms with Gasteiger partial charge in [0.2, 0.25) is 10.0 Å². The highest BCUT2D eigenvalue weighted by atomic mass is 35.5. The summed E-state index contributed by atoms with van der Waals surface area (Å²) < 4.78 is 38.5. The zero-order valence-electron chi connectivity index (χ0n) is 14.4. The van der Waals surface area contributed by atoms with Crippen molar-refractivity contribution in [3.63, 3.8) is 0 Å². The van der Waals surface area contributed by atoms with Crippen molar-refractivity contribution in [3.8, 4) is 11.5 Å². The molecule has 26 heavy (non-hydrogen) atoms. The van der Waals surface area contributed by atoms with E-state index in [2.05, 4.69) is 0 Å². The molecule has 0 amide bonds. The zero-order valence-corrected chi connectivity index (χ0v) is 16.7. The van der Waals surface area contributed by atoms with Crippen molar-refractivity contribution in [1.82, 2.24) is 4.31 Å². The molecule has 5 nitrogen and oxygen atoms in total. The van der Waals surface area contributed by atoms with Crippen molar-refractivity contribution in [2.45, 2.75) is 23.8 Å². The number of hydrogen-bond donors (Lipinski definition) is 0. The third kappa shape index (κ3) is 3.51. The van der Waals surface area contributed by atoms with Crippen LogP contribution in [-0.4, -0.2) is 33.5 Å². The molecule has 0 saturated carbocycles. The SMILES string of the molecule is COc1ccc(C2CCCN2S(=O)(=O)c2cc(Cl)ccc2Cl)cc1OC. The van der Waals surface area contributed by atoms with Crippen LogP contribution >= 0.6 is 23.2 Å². The maximum atomic E-state index is 13.2. The monoisotopic (exact) mass is 415 g/mol. The van der Waals surface area contributed by atoms with Crippen molar-refractivity contribution in [2.24, 2.45) is 0 Å². The Hall–Kier alpha value is -1.47. The number of methoxy groups -OCH3 is 2. The predicted molar refractivity (Wildman–Crippen MR) is 102 cm³/mol. The summed E-state index contributed by atoms with van der Waals surface area (Å²) in [4.78, 5) is 0.0269. The molecule has 140 valence electrons. The first-order chi connectivity index (χ1) is 12.4. The number of halogens is 2. The van der Waals surface area contributed by atoms with E-state index in [4.69, 9.17) is 32.7 Å². The van der Waals surface area contributed by atoms with E-state index in [0.29, 0.717) is 29.5 Å². The Morgan fingerprint density at radius 1 is 1.04 bits per heavy atom. The van der Waals surface area contributed by atoms with E-state index in [1.54, 1.807) is 26.4 Å². The Kier molecular flexibility index (Phi) is 5.67. The molecule has 0 aromatic heterocycles. The topological polar surface area (TPSA) is 55.8 Å².